The molecule has 0 saturated carbocycles. The third kappa shape index (κ3) is 4.23. The van der Waals surface area contributed by atoms with Crippen LogP contribution in [0.15, 0.2) is 54.6 Å². The lowest BCUT2D eigenvalue weighted by Crippen LogP contribution is -2.25. The van der Waals surface area contributed by atoms with E-state index < -0.39 is 0 Å². The van der Waals surface area contributed by atoms with Gasteiger partial charge >= 0.3 is 0 Å². The van der Waals surface area contributed by atoms with Crippen molar-refractivity contribution in [3.63, 3.8) is 0 Å². The lowest BCUT2D eigenvalue weighted by Gasteiger charge is -2.19. The number of carbonyl (C=O) groups excluding carboxylic acids is 1. The molecule has 1 amide bonds. The SMILES string of the molecule is Cc1ccccc1C(CC(=O)NCc1nc(N)n[nH]1)c1ccccc1. The molecule has 6 heteroatoms. The van der Waals surface area contributed by atoms with Crippen LogP contribution in [-0.4, -0.2) is 21.1 Å². The number of H-pyrrole nitrogens is 1. The van der Waals surface area contributed by atoms with Gasteiger partial charge in [0, 0.05) is 12.3 Å². The van der Waals surface area contributed by atoms with Crippen molar-refractivity contribution in [1.29, 1.82) is 0 Å². The number of aromatic amines is 1. The van der Waals surface area contributed by atoms with E-state index in [-0.39, 0.29) is 24.3 Å². The average Bonchev–Trinajstić information content (AvgIpc) is 3.05. The largest absolute Gasteiger partial charge is 0.367 e. The molecule has 3 rings (SSSR count). The number of hydrogen-bond donors (Lipinski definition) is 3. The summed E-state index contributed by atoms with van der Waals surface area (Å²) in [6.45, 7) is 2.35. The third-order valence-electron chi connectivity index (χ3n) is 4.16. The van der Waals surface area contributed by atoms with E-state index in [2.05, 4.69) is 51.7 Å². The van der Waals surface area contributed by atoms with E-state index in [4.69, 9.17) is 5.73 Å². The molecule has 1 unspecified atom stereocenters. The van der Waals surface area contributed by atoms with Gasteiger partial charge in [-0.15, -0.1) is 5.10 Å². The number of aryl methyl sites for hydroxylation is 1. The monoisotopic (exact) mass is 335 g/mol. The van der Waals surface area contributed by atoms with Crippen molar-refractivity contribution in [3.05, 3.63) is 77.1 Å². The minimum Gasteiger partial charge on any atom is -0.367 e. The Labute approximate surface area is 146 Å². The molecule has 0 saturated heterocycles. The molecule has 2 aromatic carbocycles. The first-order valence-electron chi connectivity index (χ1n) is 8.17. The van der Waals surface area contributed by atoms with Gasteiger partial charge in [-0.2, -0.15) is 4.98 Å². The maximum atomic E-state index is 12.5. The maximum Gasteiger partial charge on any atom is 0.239 e. The van der Waals surface area contributed by atoms with Gasteiger partial charge in [0.1, 0.15) is 5.82 Å². The summed E-state index contributed by atoms with van der Waals surface area (Å²) in [7, 11) is 0. The van der Waals surface area contributed by atoms with Gasteiger partial charge in [-0.3, -0.25) is 9.89 Å². The zero-order valence-corrected chi connectivity index (χ0v) is 14.1. The molecule has 0 bridgehead atoms. The van der Waals surface area contributed by atoms with Gasteiger partial charge in [-0.05, 0) is 23.6 Å². The molecule has 0 aliphatic carbocycles. The number of nitrogens with zero attached hydrogens (tertiary/aromatic N) is 2. The van der Waals surface area contributed by atoms with Crippen LogP contribution in [0.3, 0.4) is 0 Å². The van der Waals surface area contributed by atoms with Crippen LogP contribution in [-0.2, 0) is 11.3 Å². The summed E-state index contributed by atoms with van der Waals surface area (Å²) in [5.41, 5.74) is 8.92. The van der Waals surface area contributed by atoms with E-state index in [1.807, 2.05) is 30.3 Å². The van der Waals surface area contributed by atoms with Crippen molar-refractivity contribution >= 4 is 11.9 Å². The van der Waals surface area contributed by atoms with Gasteiger partial charge in [-0.1, -0.05) is 54.6 Å². The highest BCUT2D eigenvalue weighted by atomic mass is 16.1. The molecule has 0 radical (unpaired) electrons. The van der Waals surface area contributed by atoms with Crippen LogP contribution in [0.5, 0.6) is 0 Å². The lowest BCUT2D eigenvalue weighted by molar-refractivity contribution is -0.121. The van der Waals surface area contributed by atoms with Crippen LogP contribution in [0.1, 0.15) is 34.9 Å². The Bertz CT molecular complexity index is 844. The van der Waals surface area contributed by atoms with E-state index in [0.29, 0.717) is 12.2 Å². The first-order chi connectivity index (χ1) is 12.1. The molecular formula is C19H21N5O. The predicted molar refractivity (Wildman–Crippen MR) is 96.7 cm³/mol. The van der Waals surface area contributed by atoms with Crippen molar-refractivity contribution in [2.24, 2.45) is 0 Å². The number of benzene rings is 2. The van der Waals surface area contributed by atoms with Crippen LogP contribution >= 0.6 is 0 Å². The Kier molecular flexibility index (Phi) is 5.09. The summed E-state index contributed by atoms with van der Waals surface area (Å²) in [4.78, 5) is 16.5. The molecule has 6 nitrogen and oxygen atoms in total. The number of nitrogens with one attached hydrogen (secondary N) is 2. The number of rotatable bonds is 6. The second-order valence-corrected chi connectivity index (χ2v) is 5.94. The quantitative estimate of drug-likeness (QED) is 0.645. The van der Waals surface area contributed by atoms with Crippen LogP contribution < -0.4 is 11.1 Å². The molecule has 0 spiro atoms. The first kappa shape index (κ1) is 16.7. The van der Waals surface area contributed by atoms with Crippen LogP contribution in [0.2, 0.25) is 0 Å². The number of nitrogens with two attached hydrogens (primary N) is 1. The summed E-state index contributed by atoms with van der Waals surface area (Å²) in [6.07, 6.45) is 0.360. The third-order valence-corrected chi connectivity index (χ3v) is 4.16. The molecule has 1 heterocycles. The Morgan fingerprint density at radius 3 is 2.56 bits per heavy atom. The van der Waals surface area contributed by atoms with Gasteiger partial charge in [0.05, 0.1) is 6.54 Å². The number of hydrogen-bond acceptors (Lipinski definition) is 4. The Hall–Kier alpha value is -3.15. The Morgan fingerprint density at radius 1 is 1.16 bits per heavy atom. The fourth-order valence-corrected chi connectivity index (χ4v) is 2.90. The fraction of sp³-hybridized carbons (Fsp3) is 0.211. The zero-order valence-electron chi connectivity index (χ0n) is 14.1. The molecular weight excluding hydrogens is 314 g/mol. The van der Waals surface area contributed by atoms with Crippen LogP contribution in [0.25, 0.3) is 0 Å². The molecule has 0 fully saturated rings. The van der Waals surface area contributed by atoms with Crippen molar-refractivity contribution in [2.45, 2.75) is 25.8 Å². The van der Waals surface area contributed by atoms with Crippen LogP contribution in [0.4, 0.5) is 5.95 Å². The number of carbonyl (C=O) groups is 1. The molecule has 25 heavy (non-hydrogen) atoms. The Morgan fingerprint density at radius 2 is 1.88 bits per heavy atom. The summed E-state index contributed by atoms with van der Waals surface area (Å²) in [5.74, 6) is 0.665. The highest BCUT2D eigenvalue weighted by Gasteiger charge is 2.19. The van der Waals surface area contributed by atoms with E-state index in [1.165, 1.54) is 5.56 Å². The molecule has 1 aromatic heterocycles. The second kappa shape index (κ2) is 7.61. The van der Waals surface area contributed by atoms with Crippen molar-refractivity contribution < 1.29 is 4.79 Å². The van der Waals surface area contributed by atoms with E-state index in [0.717, 1.165) is 11.1 Å². The summed E-state index contributed by atoms with van der Waals surface area (Å²) in [6, 6.07) is 18.3. The lowest BCUT2D eigenvalue weighted by atomic mass is 9.86. The van der Waals surface area contributed by atoms with E-state index in [1.54, 1.807) is 0 Å². The van der Waals surface area contributed by atoms with Gasteiger partial charge < -0.3 is 11.1 Å². The second-order valence-electron chi connectivity index (χ2n) is 5.94. The van der Waals surface area contributed by atoms with Gasteiger partial charge in [-0.25, -0.2) is 0 Å². The molecule has 4 N–H and O–H groups in total. The maximum absolute atomic E-state index is 12.5. The number of nitrogen functional groups attached to an aromatic ring is 1. The first-order valence-corrected chi connectivity index (χ1v) is 8.17. The highest BCUT2D eigenvalue weighted by molar-refractivity contribution is 5.77. The smallest absolute Gasteiger partial charge is 0.239 e. The molecule has 0 aliphatic rings. The molecule has 1 atom stereocenters. The minimum atomic E-state index is -0.0490. The normalized spacial score (nSPS) is 11.9. The summed E-state index contributed by atoms with van der Waals surface area (Å²) in [5, 5.41) is 9.31. The Balaban J connectivity index is 1.76. The van der Waals surface area contributed by atoms with Gasteiger partial charge in [0.25, 0.3) is 0 Å². The number of anilines is 1. The highest BCUT2D eigenvalue weighted by Crippen LogP contribution is 2.30. The zero-order chi connectivity index (χ0) is 17.6. The average molecular weight is 335 g/mol. The van der Waals surface area contributed by atoms with Crippen molar-refractivity contribution in [3.8, 4) is 0 Å². The van der Waals surface area contributed by atoms with Crippen molar-refractivity contribution in [2.75, 3.05) is 5.73 Å². The fourth-order valence-electron chi connectivity index (χ4n) is 2.90. The van der Waals surface area contributed by atoms with E-state index in [9.17, 15) is 4.79 Å². The van der Waals surface area contributed by atoms with Crippen molar-refractivity contribution in [1.82, 2.24) is 20.5 Å². The summed E-state index contributed by atoms with van der Waals surface area (Å²) < 4.78 is 0. The predicted octanol–water partition coefficient (Wildman–Crippen LogP) is 2.53. The molecule has 3 aromatic rings. The number of aromatic nitrogens is 3. The minimum absolute atomic E-state index is 0.00203. The van der Waals surface area contributed by atoms with Gasteiger partial charge in [0.2, 0.25) is 11.9 Å². The topological polar surface area (TPSA) is 96.7 Å². The van der Waals surface area contributed by atoms with Crippen LogP contribution in [0, 0.1) is 6.92 Å². The summed E-state index contributed by atoms with van der Waals surface area (Å²) >= 11 is 0. The molecule has 0 aliphatic heterocycles. The standard InChI is InChI=1S/C19H21N5O/c1-13-7-5-6-10-15(13)16(14-8-3-2-4-9-14)11-18(25)21-12-17-22-19(20)24-23-17/h2-10,16H,11-12H2,1H3,(H,21,25)(H3,20,22,23,24). The molecule has 128 valence electrons. The van der Waals surface area contributed by atoms with Gasteiger partial charge in [0.15, 0.2) is 0 Å². The van der Waals surface area contributed by atoms with E-state index >= 15 is 0 Å². The number of amides is 1.